The molecule has 6 nitrogen and oxygen atoms in total. The van der Waals surface area contributed by atoms with Gasteiger partial charge in [0.2, 0.25) is 0 Å². The van der Waals surface area contributed by atoms with Crippen LogP contribution >= 0.6 is 0 Å². The Balaban J connectivity index is 1.67. The van der Waals surface area contributed by atoms with E-state index in [1.807, 2.05) is 20.8 Å². The van der Waals surface area contributed by atoms with Crippen LogP contribution in [0.15, 0.2) is 10.6 Å². The Morgan fingerprint density at radius 3 is 2.28 bits per heavy atom. The molecular formula is C19H29N5O. The summed E-state index contributed by atoms with van der Waals surface area (Å²) in [7, 11) is 0. The van der Waals surface area contributed by atoms with Crippen LogP contribution in [0.5, 0.6) is 0 Å². The fraction of sp³-hybridized carbons (Fsp3) is 0.632. The van der Waals surface area contributed by atoms with Crippen molar-refractivity contribution in [3.05, 3.63) is 34.6 Å². The molecule has 136 valence electrons. The molecule has 2 aromatic heterocycles. The Morgan fingerprint density at radius 2 is 1.72 bits per heavy atom. The fourth-order valence-corrected chi connectivity index (χ4v) is 3.18. The van der Waals surface area contributed by atoms with Gasteiger partial charge in [0.05, 0.1) is 11.4 Å². The summed E-state index contributed by atoms with van der Waals surface area (Å²) in [6, 6.07) is 2.15. The van der Waals surface area contributed by atoms with E-state index in [4.69, 9.17) is 4.52 Å². The molecule has 3 heterocycles. The topological polar surface area (TPSA) is 58.3 Å². The van der Waals surface area contributed by atoms with Gasteiger partial charge in [-0.05, 0) is 20.8 Å². The Morgan fingerprint density at radius 1 is 1.04 bits per heavy atom. The van der Waals surface area contributed by atoms with E-state index < -0.39 is 0 Å². The predicted molar refractivity (Wildman–Crippen MR) is 98.9 cm³/mol. The molecule has 0 saturated carbocycles. The molecule has 0 N–H and O–H groups in total. The van der Waals surface area contributed by atoms with Gasteiger partial charge in [0, 0.05) is 49.8 Å². The maximum Gasteiger partial charge on any atom is 0.138 e. The second-order valence-electron chi connectivity index (χ2n) is 7.97. The Kier molecular flexibility index (Phi) is 4.82. The third-order valence-corrected chi connectivity index (χ3v) is 4.85. The first kappa shape index (κ1) is 17.9. The normalized spacial score (nSPS) is 16.5. The van der Waals surface area contributed by atoms with E-state index in [0.717, 1.165) is 61.5 Å². The van der Waals surface area contributed by atoms with E-state index in [1.165, 1.54) is 5.56 Å². The van der Waals surface area contributed by atoms with Gasteiger partial charge >= 0.3 is 0 Å². The molecule has 6 heteroatoms. The smallest absolute Gasteiger partial charge is 0.138 e. The summed E-state index contributed by atoms with van der Waals surface area (Å²) >= 11 is 0. The summed E-state index contributed by atoms with van der Waals surface area (Å²) in [5.74, 6) is 2.83. The molecule has 1 fully saturated rings. The standard InChI is InChI=1S/C19H29N5O/c1-13-16(14(2)25-22-13)12-23-7-9-24(10-8-23)18-11-17(19(4,5)6)20-15(3)21-18/h11H,7-10,12H2,1-6H3. The van der Waals surface area contributed by atoms with E-state index in [-0.39, 0.29) is 5.41 Å². The van der Waals surface area contributed by atoms with Crippen LogP contribution < -0.4 is 4.90 Å². The molecular weight excluding hydrogens is 314 g/mol. The molecule has 2 aromatic rings. The molecule has 1 saturated heterocycles. The number of anilines is 1. The van der Waals surface area contributed by atoms with Crippen molar-refractivity contribution in [2.75, 3.05) is 31.1 Å². The second kappa shape index (κ2) is 6.75. The molecule has 0 aliphatic carbocycles. The van der Waals surface area contributed by atoms with Crippen molar-refractivity contribution in [2.45, 2.75) is 53.5 Å². The highest BCUT2D eigenvalue weighted by Gasteiger charge is 2.23. The van der Waals surface area contributed by atoms with E-state index in [9.17, 15) is 0 Å². The zero-order chi connectivity index (χ0) is 18.2. The van der Waals surface area contributed by atoms with Crippen molar-refractivity contribution in [3.63, 3.8) is 0 Å². The third kappa shape index (κ3) is 4.00. The lowest BCUT2D eigenvalue weighted by atomic mass is 9.92. The van der Waals surface area contributed by atoms with Crippen molar-refractivity contribution in [3.8, 4) is 0 Å². The van der Waals surface area contributed by atoms with Crippen molar-refractivity contribution >= 4 is 5.82 Å². The van der Waals surface area contributed by atoms with Crippen LogP contribution in [0.2, 0.25) is 0 Å². The number of hydrogen-bond donors (Lipinski definition) is 0. The molecule has 0 aromatic carbocycles. The molecule has 0 spiro atoms. The molecule has 0 radical (unpaired) electrons. The number of hydrogen-bond acceptors (Lipinski definition) is 6. The molecule has 1 aliphatic heterocycles. The minimum absolute atomic E-state index is 0.0353. The zero-order valence-corrected chi connectivity index (χ0v) is 16.3. The van der Waals surface area contributed by atoms with Crippen molar-refractivity contribution < 1.29 is 4.52 Å². The molecule has 0 amide bonds. The highest BCUT2D eigenvalue weighted by atomic mass is 16.5. The molecule has 0 bridgehead atoms. The fourth-order valence-electron chi connectivity index (χ4n) is 3.18. The predicted octanol–water partition coefficient (Wildman–Crippen LogP) is 3.01. The number of aromatic nitrogens is 3. The summed E-state index contributed by atoms with van der Waals surface area (Å²) < 4.78 is 5.28. The van der Waals surface area contributed by atoms with Crippen LogP contribution in [0.1, 0.15) is 49.3 Å². The summed E-state index contributed by atoms with van der Waals surface area (Å²) in [6.45, 7) is 17.4. The average Bonchev–Trinajstić information content (AvgIpc) is 2.86. The number of rotatable bonds is 3. The Labute approximate surface area is 150 Å². The van der Waals surface area contributed by atoms with Crippen LogP contribution in [-0.4, -0.2) is 46.2 Å². The maximum atomic E-state index is 5.28. The highest BCUT2D eigenvalue weighted by Crippen LogP contribution is 2.25. The van der Waals surface area contributed by atoms with Crippen LogP contribution in [0.3, 0.4) is 0 Å². The largest absolute Gasteiger partial charge is 0.361 e. The van der Waals surface area contributed by atoms with Gasteiger partial charge in [0.15, 0.2) is 0 Å². The van der Waals surface area contributed by atoms with E-state index in [1.54, 1.807) is 0 Å². The van der Waals surface area contributed by atoms with Crippen molar-refractivity contribution in [1.29, 1.82) is 0 Å². The molecule has 0 atom stereocenters. The number of nitrogens with zero attached hydrogens (tertiary/aromatic N) is 5. The monoisotopic (exact) mass is 343 g/mol. The first-order valence-electron chi connectivity index (χ1n) is 8.99. The minimum atomic E-state index is 0.0353. The van der Waals surface area contributed by atoms with Gasteiger partial charge in [-0.25, -0.2) is 9.97 Å². The van der Waals surface area contributed by atoms with Crippen molar-refractivity contribution in [2.24, 2.45) is 0 Å². The highest BCUT2D eigenvalue weighted by molar-refractivity contribution is 5.42. The molecule has 1 aliphatic rings. The first-order valence-corrected chi connectivity index (χ1v) is 8.99. The van der Waals surface area contributed by atoms with Gasteiger partial charge in [0.1, 0.15) is 17.4 Å². The van der Waals surface area contributed by atoms with Gasteiger partial charge < -0.3 is 9.42 Å². The number of piperazine rings is 1. The third-order valence-electron chi connectivity index (χ3n) is 4.85. The summed E-state index contributed by atoms with van der Waals surface area (Å²) in [5.41, 5.74) is 3.36. The first-order chi connectivity index (χ1) is 11.7. The summed E-state index contributed by atoms with van der Waals surface area (Å²) in [4.78, 5) is 14.1. The van der Waals surface area contributed by atoms with Gasteiger partial charge in [-0.3, -0.25) is 4.90 Å². The van der Waals surface area contributed by atoms with E-state index in [2.05, 4.69) is 51.8 Å². The quantitative estimate of drug-likeness (QED) is 0.854. The summed E-state index contributed by atoms with van der Waals surface area (Å²) in [5, 5.41) is 4.06. The lowest BCUT2D eigenvalue weighted by Gasteiger charge is -2.35. The summed E-state index contributed by atoms with van der Waals surface area (Å²) in [6.07, 6.45) is 0. The van der Waals surface area contributed by atoms with Gasteiger partial charge in [-0.2, -0.15) is 0 Å². The Hall–Kier alpha value is -1.95. The minimum Gasteiger partial charge on any atom is -0.361 e. The van der Waals surface area contributed by atoms with Gasteiger partial charge in [-0.1, -0.05) is 25.9 Å². The SMILES string of the molecule is Cc1nc(N2CCN(Cc3c(C)noc3C)CC2)cc(C(C)(C)C)n1. The number of aryl methyl sites for hydroxylation is 3. The zero-order valence-electron chi connectivity index (χ0n) is 16.3. The van der Waals surface area contributed by atoms with Crippen LogP contribution in [0.4, 0.5) is 5.82 Å². The molecule has 3 rings (SSSR count). The molecule has 25 heavy (non-hydrogen) atoms. The van der Waals surface area contributed by atoms with Gasteiger partial charge in [0.25, 0.3) is 0 Å². The van der Waals surface area contributed by atoms with Crippen molar-refractivity contribution in [1.82, 2.24) is 20.0 Å². The van der Waals surface area contributed by atoms with Gasteiger partial charge in [-0.15, -0.1) is 0 Å². The lowest BCUT2D eigenvalue weighted by molar-refractivity contribution is 0.247. The van der Waals surface area contributed by atoms with Crippen LogP contribution in [0.25, 0.3) is 0 Å². The lowest BCUT2D eigenvalue weighted by Crippen LogP contribution is -2.46. The van der Waals surface area contributed by atoms with Crippen LogP contribution in [-0.2, 0) is 12.0 Å². The van der Waals surface area contributed by atoms with Crippen LogP contribution in [0, 0.1) is 20.8 Å². The maximum absolute atomic E-state index is 5.28. The molecule has 0 unspecified atom stereocenters. The van der Waals surface area contributed by atoms with E-state index in [0.29, 0.717) is 0 Å². The Bertz CT molecular complexity index is 719. The van der Waals surface area contributed by atoms with E-state index >= 15 is 0 Å². The second-order valence-corrected chi connectivity index (χ2v) is 7.97. The average molecular weight is 343 g/mol.